The number of rotatable bonds is 3. The topological polar surface area (TPSA) is 82.1 Å². The van der Waals surface area contributed by atoms with Crippen LogP contribution < -0.4 is 10.1 Å². The van der Waals surface area contributed by atoms with Crippen LogP contribution in [0.5, 0.6) is 5.75 Å². The van der Waals surface area contributed by atoms with E-state index in [1.165, 1.54) is 23.1 Å². The van der Waals surface area contributed by atoms with E-state index in [2.05, 4.69) is 10.2 Å². The molecule has 0 saturated carbocycles. The van der Waals surface area contributed by atoms with Crippen molar-refractivity contribution in [3.63, 3.8) is 0 Å². The number of amides is 3. The number of carbonyl (C=O) groups is 2. The van der Waals surface area contributed by atoms with Crippen molar-refractivity contribution in [2.45, 2.75) is 50.4 Å². The Morgan fingerprint density at radius 1 is 1.25 bits per heavy atom. The second-order valence-electron chi connectivity index (χ2n) is 8.54. The quantitative estimate of drug-likeness (QED) is 0.765. The molecule has 3 aliphatic heterocycles. The Labute approximate surface area is 163 Å². The summed E-state index contributed by atoms with van der Waals surface area (Å²) >= 11 is 0. The van der Waals surface area contributed by atoms with Crippen molar-refractivity contribution in [1.29, 1.82) is 0 Å². The highest BCUT2D eigenvalue weighted by atomic mass is 19.1. The molecular formula is C20H26FN3O4. The van der Waals surface area contributed by atoms with Gasteiger partial charge in [-0.2, -0.15) is 0 Å². The molecule has 0 aliphatic carbocycles. The average molecular weight is 391 g/mol. The minimum atomic E-state index is -1.31. The number of nitrogens with zero attached hydrogens (tertiary/aromatic N) is 2. The van der Waals surface area contributed by atoms with Crippen molar-refractivity contribution in [3.8, 4) is 5.75 Å². The van der Waals surface area contributed by atoms with Crippen LogP contribution >= 0.6 is 0 Å². The van der Waals surface area contributed by atoms with E-state index in [4.69, 9.17) is 4.74 Å². The second-order valence-corrected chi connectivity index (χ2v) is 8.54. The summed E-state index contributed by atoms with van der Waals surface area (Å²) in [5.74, 6) is -0.426. The third-order valence-corrected chi connectivity index (χ3v) is 5.85. The first-order chi connectivity index (χ1) is 13.2. The van der Waals surface area contributed by atoms with Crippen LogP contribution in [-0.2, 0) is 10.3 Å². The molecule has 8 heteroatoms. The van der Waals surface area contributed by atoms with Gasteiger partial charge in [0.15, 0.2) is 5.54 Å². The Hall–Kier alpha value is -2.19. The van der Waals surface area contributed by atoms with Crippen LogP contribution in [0.4, 0.5) is 9.18 Å². The van der Waals surface area contributed by atoms with E-state index in [9.17, 15) is 19.1 Å². The molecule has 4 rings (SSSR count). The molecule has 1 aromatic carbocycles. The van der Waals surface area contributed by atoms with Gasteiger partial charge in [0.1, 0.15) is 17.2 Å². The number of likely N-dealkylation sites (tertiary alicyclic amines) is 1. The van der Waals surface area contributed by atoms with Gasteiger partial charge in [0.2, 0.25) is 0 Å². The Kier molecular flexibility index (Phi) is 4.58. The molecule has 3 aliphatic rings. The van der Waals surface area contributed by atoms with Crippen molar-refractivity contribution in [3.05, 3.63) is 29.6 Å². The highest BCUT2D eigenvalue weighted by Crippen LogP contribution is 2.46. The Morgan fingerprint density at radius 2 is 1.96 bits per heavy atom. The number of hydrogen-bond donors (Lipinski definition) is 2. The summed E-state index contributed by atoms with van der Waals surface area (Å²) in [6.45, 7) is 5.99. The summed E-state index contributed by atoms with van der Waals surface area (Å²) in [6, 6.07) is 3.61. The van der Waals surface area contributed by atoms with E-state index in [1.807, 2.05) is 13.8 Å². The lowest BCUT2D eigenvalue weighted by atomic mass is 9.77. The molecule has 2 fully saturated rings. The van der Waals surface area contributed by atoms with Crippen LogP contribution in [0.1, 0.15) is 38.7 Å². The molecular weight excluding hydrogens is 365 g/mol. The fourth-order valence-corrected chi connectivity index (χ4v) is 4.51. The standard InChI is InChI=1S/C20H26FN3O4/c1-19(2)12-20(15-11-13(21)3-4-16(15)28-19)17(26)24(18(27)22-20)10-9-23-7-5-14(25)6-8-23/h3-4,11,14,25H,5-10,12H2,1-2H3,(H,22,27). The van der Waals surface area contributed by atoms with Crippen LogP contribution in [-0.4, -0.2) is 64.7 Å². The minimum Gasteiger partial charge on any atom is -0.487 e. The summed E-state index contributed by atoms with van der Waals surface area (Å²) in [5.41, 5.74) is -1.63. The zero-order valence-electron chi connectivity index (χ0n) is 16.2. The predicted molar refractivity (Wildman–Crippen MR) is 99.3 cm³/mol. The number of nitrogens with one attached hydrogen (secondary N) is 1. The van der Waals surface area contributed by atoms with E-state index < -0.39 is 23.0 Å². The molecule has 1 unspecified atom stereocenters. The van der Waals surface area contributed by atoms with Crippen LogP contribution in [0.2, 0.25) is 0 Å². The Balaban J connectivity index is 1.58. The first kappa shape index (κ1) is 19.1. The normalized spacial score (nSPS) is 27.6. The van der Waals surface area contributed by atoms with Gasteiger partial charge in [0.05, 0.1) is 6.10 Å². The number of aliphatic hydroxyl groups is 1. The lowest BCUT2D eigenvalue weighted by Crippen LogP contribution is -2.54. The van der Waals surface area contributed by atoms with Gasteiger partial charge in [-0.15, -0.1) is 0 Å². The van der Waals surface area contributed by atoms with Gasteiger partial charge < -0.3 is 20.1 Å². The molecule has 1 spiro atoms. The van der Waals surface area contributed by atoms with E-state index in [0.717, 1.165) is 13.1 Å². The first-order valence-corrected chi connectivity index (χ1v) is 9.74. The molecule has 152 valence electrons. The fourth-order valence-electron chi connectivity index (χ4n) is 4.51. The van der Waals surface area contributed by atoms with Crippen molar-refractivity contribution in [2.75, 3.05) is 26.2 Å². The van der Waals surface area contributed by atoms with E-state index >= 15 is 0 Å². The summed E-state index contributed by atoms with van der Waals surface area (Å²) in [4.78, 5) is 29.4. The number of piperidine rings is 1. The second kappa shape index (κ2) is 6.70. The minimum absolute atomic E-state index is 0.230. The molecule has 0 radical (unpaired) electrons. The molecule has 1 aromatic rings. The van der Waals surface area contributed by atoms with Gasteiger partial charge in [-0.25, -0.2) is 9.18 Å². The van der Waals surface area contributed by atoms with Gasteiger partial charge in [-0.05, 0) is 44.9 Å². The smallest absolute Gasteiger partial charge is 0.325 e. The largest absolute Gasteiger partial charge is 0.487 e. The average Bonchev–Trinajstić information content (AvgIpc) is 2.85. The summed E-state index contributed by atoms with van der Waals surface area (Å²) in [6.07, 6.45) is 1.35. The summed E-state index contributed by atoms with van der Waals surface area (Å²) in [5, 5.41) is 12.5. The number of halogens is 1. The summed E-state index contributed by atoms with van der Waals surface area (Å²) in [7, 11) is 0. The van der Waals surface area contributed by atoms with Crippen LogP contribution in [0.3, 0.4) is 0 Å². The van der Waals surface area contributed by atoms with Crippen LogP contribution in [0, 0.1) is 5.82 Å². The maximum absolute atomic E-state index is 13.9. The lowest BCUT2D eigenvalue weighted by Gasteiger charge is -2.42. The molecule has 3 amide bonds. The van der Waals surface area contributed by atoms with Gasteiger partial charge in [-0.1, -0.05) is 0 Å². The van der Waals surface area contributed by atoms with E-state index in [0.29, 0.717) is 30.7 Å². The molecule has 1 atom stereocenters. The molecule has 7 nitrogen and oxygen atoms in total. The molecule has 0 bridgehead atoms. The zero-order chi connectivity index (χ0) is 20.1. The molecule has 2 saturated heterocycles. The van der Waals surface area contributed by atoms with Gasteiger partial charge >= 0.3 is 6.03 Å². The highest BCUT2D eigenvalue weighted by molar-refractivity contribution is 6.08. The maximum Gasteiger partial charge on any atom is 0.325 e. The maximum atomic E-state index is 13.9. The molecule has 3 heterocycles. The number of ether oxygens (including phenoxy) is 1. The first-order valence-electron chi connectivity index (χ1n) is 9.74. The van der Waals surface area contributed by atoms with Crippen molar-refractivity contribution in [2.24, 2.45) is 0 Å². The zero-order valence-corrected chi connectivity index (χ0v) is 16.2. The van der Waals surface area contributed by atoms with Gasteiger partial charge in [0.25, 0.3) is 5.91 Å². The van der Waals surface area contributed by atoms with E-state index in [-0.39, 0.29) is 25.0 Å². The third-order valence-electron chi connectivity index (χ3n) is 5.85. The lowest BCUT2D eigenvalue weighted by molar-refractivity contribution is -0.135. The van der Waals surface area contributed by atoms with Crippen LogP contribution in [0.25, 0.3) is 0 Å². The van der Waals surface area contributed by atoms with Gasteiger partial charge in [0, 0.05) is 38.2 Å². The number of imide groups is 1. The molecule has 28 heavy (non-hydrogen) atoms. The Morgan fingerprint density at radius 3 is 2.68 bits per heavy atom. The van der Waals surface area contributed by atoms with Crippen LogP contribution in [0.15, 0.2) is 18.2 Å². The van der Waals surface area contributed by atoms with Gasteiger partial charge in [-0.3, -0.25) is 9.69 Å². The number of benzene rings is 1. The number of fused-ring (bicyclic) bond motifs is 2. The molecule has 0 aromatic heterocycles. The monoisotopic (exact) mass is 391 g/mol. The third kappa shape index (κ3) is 3.24. The molecule has 2 N–H and O–H groups in total. The SMILES string of the molecule is CC1(C)CC2(NC(=O)N(CCN3CCC(O)CC3)C2=O)c2cc(F)ccc2O1. The van der Waals surface area contributed by atoms with Crippen molar-refractivity contribution >= 4 is 11.9 Å². The number of urea groups is 1. The Bertz CT molecular complexity index is 807. The summed E-state index contributed by atoms with van der Waals surface area (Å²) < 4.78 is 19.9. The number of aliphatic hydroxyl groups excluding tert-OH is 1. The fraction of sp³-hybridized carbons (Fsp3) is 0.600. The highest BCUT2D eigenvalue weighted by Gasteiger charge is 2.58. The van der Waals surface area contributed by atoms with Crippen molar-refractivity contribution < 1.29 is 23.8 Å². The number of carbonyl (C=O) groups excluding carboxylic acids is 2. The van der Waals surface area contributed by atoms with E-state index in [1.54, 1.807) is 0 Å². The predicted octanol–water partition coefficient (Wildman–Crippen LogP) is 1.59. The number of hydrogen-bond acceptors (Lipinski definition) is 5. The van der Waals surface area contributed by atoms with Crippen molar-refractivity contribution in [1.82, 2.24) is 15.1 Å².